The molecule has 1 aromatic carbocycles. The SMILES string of the molecule is O=C(O)Cc1cc2cccnc2cc1Cl. The zero-order valence-corrected chi connectivity index (χ0v) is 8.53. The zero-order valence-electron chi connectivity index (χ0n) is 7.77. The molecular formula is C11H8ClNO2. The Balaban J connectivity index is 2.56. The van der Waals surface area contributed by atoms with E-state index in [2.05, 4.69) is 4.98 Å². The molecule has 0 saturated heterocycles. The van der Waals surface area contributed by atoms with E-state index in [4.69, 9.17) is 16.7 Å². The van der Waals surface area contributed by atoms with Gasteiger partial charge in [0, 0.05) is 16.6 Å². The molecule has 0 aliphatic carbocycles. The van der Waals surface area contributed by atoms with Crippen LogP contribution < -0.4 is 0 Å². The summed E-state index contributed by atoms with van der Waals surface area (Å²) in [5.74, 6) is -0.889. The molecule has 1 heterocycles. The average Bonchev–Trinajstić information content (AvgIpc) is 2.18. The first-order chi connectivity index (χ1) is 7.16. The molecule has 0 bridgehead atoms. The summed E-state index contributed by atoms with van der Waals surface area (Å²) >= 11 is 5.94. The molecule has 15 heavy (non-hydrogen) atoms. The molecular weight excluding hydrogens is 214 g/mol. The molecule has 1 N–H and O–H groups in total. The predicted molar refractivity (Wildman–Crippen MR) is 58.1 cm³/mol. The second-order valence-corrected chi connectivity index (χ2v) is 3.62. The summed E-state index contributed by atoms with van der Waals surface area (Å²) in [5, 5.41) is 10.0. The van der Waals surface area contributed by atoms with Crippen molar-refractivity contribution in [1.82, 2.24) is 4.98 Å². The third-order valence-corrected chi connectivity index (χ3v) is 2.46. The van der Waals surface area contributed by atoms with Crippen molar-refractivity contribution in [1.29, 1.82) is 0 Å². The number of nitrogens with zero attached hydrogens (tertiary/aromatic N) is 1. The van der Waals surface area contributed by atoms with Crippen molar-refractivity contribution in [3.05, 3.63) is 41.0 Å². The number of carboxylic acids is 1. The molecule has 0 amide bonds. The fourth-order valence-corrected chi connectivity index (χ4v) is 1.67. The number of halogens is 1. The fraction of sp³-hybridized carbons (Fsp3) is 0.0909. The maximum atomic E-state index is 10.6. The van der Waals surface area contributed by atoms with Crippen LogP contribution in [0.5, 0.6) is 0 Å². The number of rotatable bonds is 2. The van der Waals surface area contributed by atoms with E-state index in [1.165, 1.54) is 0 Å². The topological polar surface area (TPSA) is 50.2 Å². The lowest BCUT2D eigenvalue weighted by atomic mass is 10.1. The van der Waals surface area contributed by atoms with Crippen LogP contribution in [0.25, 0.3) is 10.9 Å². The van der Waals surface area contributed by atoms with Crippen LogP contribution in [0.2, 0.25) is 5.02 Å². The summed E-state index contributed by atoms with van der Waals surface area (Å²) in [4.78, 5) is 14.7. The molecule has 76 valence electrons. The van der Waals surface area contributed by atoms with Gasteiger partial charge in [0.25, 0.3) is 0 Å². The highest BCUT2D eigenvalue weighted by molar-refractivity contribution is 6.32. The minimum atomic E-state index is -0.889. The highest BCUT2D eigenvalue weighted by Gasteiger charge is 2.07. The van der Waals surface area contributed by atoms with Gasteiger partial charge in [-0.3, -0.25) is 9.78 Å². The van der Waals surface area contributed by atoms with Gasteiger partial charge in [-0.05, 0) is 23.8 Å². The van der Waals surface area contributed by atoms with Crippen LogP contribution in [-0.4, -0.2) is 16.1 Å². The molecule has 0 aliphatic heterocycles. The average molecular weight is 222 g/mol. The molecule has 0 unspecified atom stereocenters. The van der Waals surface area contributed by atoms with Crippen molar-refractivity contribution in [3.63, 3.8) is 0 Å². The number of fused-ring (bicyclic) bond motifs is 1. The van der Waals surface area contributed by atoms with E-state index in [0.29, 0.717) is 10.6 Å². The molecule has 4 heteroatoms. The summed E-state index contributed by atoms with van der Waals surface area (Å²) in [7, 11) is 0. The number of pyridine rings is 1. The lowest BCUT2D eigenvalue weighted by molar-refractivity contribution is -0.136. The monoisotopic (exact) mass is 221 g/mol. The Morgan fingerprint density at radius 2 is 2.27 bits per heavy atom. The molecule has 0 saturated carbocycles. The molecule has 0 aliphatic rings. The van der Waals surface area contributed by atoms with E-state index >= 15 is 0 Å². The number of aromatic nitrogens is 1. The van der Waals surface area contributed by atoms with Gasteiger partial charge in [-0.25, -0.2) is 0 Å². The third-order valence-electron chi connectivity index (χ3n) is 2.11. The first kappa shape index (κ1) is 9.93. The van der Waals surface area contributed by atoms with Crippen molar-refractivity contribution in [2.45, 2.75) is 6.42 Å². The fourth-order valence-electron chi connectivity index (χ4n) is 1.44. The Bertz CT molecular complexity index is 525. The number of hydrogen-bond acceptors (Lipinski definition) is 2. The van der Waals surface area contributed by atoms with E-state index in [-0.39, 0.29) is 6.42 Å². The lowest BCUT2D eigenvalue weighted by Crippen LogP contribution is -2.00. The number of hydrogen-bond donors (Lipinski definition) is 1. The summed E-state index contributed by atoms with van der Waals surface area (Å²) in [5.41, 5.74) is 1.39. The van der Waals surface area contributed by atoms with Crippen molar-refractivity contribution in [3.8, 4) is 0 Å². The van der Waals surface area contributed by atoms with Crippen molar-refractivity contribution in [2.24, 2.45) is 0 Å². The Hall–Kier alpha value is -1.61. The number of benzene rings is 1. The first-order valence-electron chi connectivity index (χ1n) is 4.42. The molecule has 0 spiro atoms. The second-order valence-electron chi connectivity index (χ2n) is 3.21. The van der Waals surface area contributed by atoms with Gasteiger partial charge in [-0.15, -0.1) is 0 Å². The van der Waals surface area contributed by atoms with Crippen LogP contribution in [0.3, 0.4) is 0 Å². The Labute approximate surface area is 91.3 Å². The second kappa shape index (κ2) is 3.87. The number of carbonyl (C=O) groups is 1. The number of aliphatic carboxylic acids is 1. The standard InChI is InChI=1S/C11H8ClNO2/c12-9-6-10-7(2-1-3-13-10)4-8(9)5-11(14)15/h1-4,6H,5H2,(H,14,15). The summed E-state index contributed by atoms with van der Waals surface area (Å²) < 4.78 is 0. The van der Waals surface area contributed by atoms with Crippen LogP contribution in [0.1, 0.15) is 5.56 Å². The van der Waals surface area contributed by atoms with Gasteiger partial charge in [0.15, 0.2) is 0 Å². The van der Waals surface area contributed by atoms with Gasteiger partial charge >= 0.3 is 5.97 Å². The molecule has 3 nitrogen and oxygen atoms in total. The normalized spacial score (nSPS) is 10.5. The van der Waals surface area contributed by atoms with E-state index in [1.54, 1.807) is 24.4 Å². The molecule has 0 fully saturated rings. The Kier molecular flexibility index (Phi) is 2.56. The minimum Gasteiger partial charge on any atom is -0.481 e. The van der Waals surface area contributed by atoms with E-state index < -0.39 is 5.97 Å². The Morgan fingerprint density at radius 1 is 1.47 bits per heavy atom. The van der Waals surface area contributed by atoms with Gasteiger partial charge in [-0.1, -0.05) is 17.7 Å². The third kappa shape index (κ3) is 2.07. The maximum Gasteiger partial charge on any atom is 0.307 e. The van der Waals surface area contributed by atoms with E-state index in [9.17, 15) is 4.79 Å². The quantitative estimate of drug-likeness (QED) is 0.848. The van der Waals surface area contributed by atoms with Crippen LogP contribution in [-0.2, 0) is 11.2 Å². The van der Waals surface area contributed by atoms with Crippen molar-refractivity contribution < 1.29 is 9.90 Å². The highest BCUT2D eigenvalue weighted by atomic mass is 35.5. The highest BCUT2D eigenvalue weighted by Crippen LogP contribution is 2.22. The van der Waals surface area contributed by atoms with Crippen LogP contribution in [0.4, 0.5) is 0 Å². The molecule has 2 aromatic rings. The molecule has 2 rings (SSSR count). The lowest BCUT2D eigenvalue weighted by Gasteiger charge is -2.03. The number of carboxylic acid groups (broad SMARTS) is 1. The van der Waals surface area contributed by atoms with Crippen LogP contribution in [0, 0.1) is 0 Å². The van der Waals surface area contributed by atoms with Gasteiger partial charge in [0.2, 0.25) is 0 Å². The van der Waals surface area contributed by atoms with Gasteiger partial charge < -0.3 is 5.11 Å². The maximum absolute atomic E-state index is 10.6. The molecule has 1 aromatic heterocycles. The minimum absolute atomic E-state index is 0.0658. The summed E-state index contributed by atoms with van der Waals surface area (Å²) in [6, 6.07) is 7.14. The first-order valence-corrected chi connectivity index (χ1v) is 4.79. The van der Waals surface area contributed by atoms with E-state index in [1.807, 2.05) is 6.07 Å². The van der Waals surface area contributed by atoms with Gasteiger partial charge in [0.1, 0.15) is 0 Å². The summed E-state index contributed by atoms with van der Waals surface area (Å²) in [6.07, 6.45) is 1.61. The molecule has 0 radical (unpaired) electrons. The largest absolute Gasteiger partial charge is 0.481 e. The van der Waals surface area contributed by atoms with Gasteiger partial charge in [-0.2, -0.15) is 0 Å². The zero-order chi connectivity index (χ0) is 10.8. The molecule has 0 atom stereocenters. The van der Waals surface area contributed by atoms with Crippen LogP contribution in [0.15, 0.2) is 30.5 Å². The van der Waals surface area contributed by atoms with Crippen molar-refractivity contribution in [2.75, 3.05) is 0 Å². The Morgan fingerprint density at radius 3 is 3.00 bits per heavy atom. The predicted octanol–water partition coefficient (Wildman–Crippen LogP) is 2.52. The smallest absolute Gasteiger partial charge is 0.307 e. The van der Waals surface area contributed by atoms with E-state index in [0.717, 1.165) is 10.9 Å². The summed E-state index contributed by atoms with van der Waals surface area (Å²) in [6.45, 7) is 0. The van der Waals surface area contributed by atoms with Crippen molar-refractivity contribution >= 4 is 28.5 Å². The van der Waals surface area contributed by atoms with Gasteiger partial charge in [0.05, 0.1) is 11.9 Å². The van der Waals surface area contributed by atoms with Crippen LogP contribution >= 0.6 is 11.6 Å².